The van der Waals surface area contributed by atoms with Crippen LogP contribution in [0.15, 0.2) is 133 Å². The zero-order valence-corrected chi connectivity index (χ0v) is 19.5. The quantitative estimate of drug-likeness (QED) is 0.269. The maximum atomic E-state index is 5.13. The van der Waals surface area contributed by atoms with E-state index in [-0.39, 0.29) is 0 Å². The molecule has 2 heterocycles. The summed E-state index contributed by atoms with van der Waals surface area (Å²) < 4.78 is 4.48. The highest BCUT2D eigenvalue weighted by atomic mass is 15.1. The summed E-state index contributed by atoms with van der Waals surface area (Å²) in [6.07, 6.45) is 0. The third-order valence-electron chi connectivity index (χ3n) is 6.56. The van der Waals surface area contributed by atoms with Crippen LogP contribution in [0.3, 0.4) is 0 Å². The predicted octanol–water partition coefficient (Wildman–Crippen LogP) is 7.70. The Labute approximate surface area is 208 Å². The van der Waals surface area contributed by atoms with Crippen LogP contribution < -0.4 is 0 Å². The molecule has 0 N–H and O–H groups in total. The van der Waals surface area contributed by atoms with Crippen LogP contribution >= 0.6 is 0 Å². The third-order valence-corrected chi connectivity index (χ3v) is 6.56. The summed E-state index contributed by atoms with van der Waals surface area (Å²) in [4.78, 5) is 10.3. The molecule has 0 spiro atoms. The van der Waals surface area contributed by atoms with Gasteiger partial charge in [-0.25, -0.2) is 9.97 Å². The Hall–Kier alpha value is -4.96. The van der Waals surface area contributed by atoms with E-state index in [1.165, 1.54) is 0 Å². The molecule has 0 aliphatic rings. The second-order valence-corrected chi connectivity index (χ2v) is 8.74. The van der Waals surface area contributed by atoms with Crippen LogP contribution in [0, 0.1) is 0 Å². The van der Waals surface area contributed by atoms with E-state index in [1.807, 2.05) is 24.3 Å². The van der Waals surface area contributed by atoms with Crippen molar-refractivity contribution in [3.63, 3.8) is 0 Å². The lowest BCUT2D eigenvalue weighted by molar-refractivity contribution is 1.08. The Morgan fingerprint density at radius 3 is 1.17 bits per heavy atom. The van der Waals surface area contributed by atoms with Crippen LogP contribution in [0.2, 0.25) is 0 Å². The molecule has 36 heavy (non-hydrogen) atoms. The highest BCUT2D eigenvalue weighted by Crippen LogP contribution is 2.37. The minimum Gasteiger partial charge on any atom is -0.292 e. The Morgan fingerprint density at radius 2 is 0.722 bits per heavy atom. The third kappa shape index (κ3) is 3.23. The molecule has 5 aromatic carbocycles. The molecule has 0 saturated heterocycles. The summed E-state index contributed by atoms with van der Waals surface area (Å²) in [5, 5.41) is 0. The average Bonchev–Trinajstić information content (AvgIpc) is 3.53. The van der Waals surface area contributed by atoms with Crippen LogP contribution in [-0.4, -0.2) is 19.1 Å². The van der Waals surface area contributed by atoms with Crippen LogP contribution in [0.1, 0.15) is 0 Å². The average molecular weight is 463 g/mol. The van der Waals surface area contributed by atoms with Crippen LogP contribution in [-0.2, 0) is 0 Å². The molecule has 0 bridgehead atoms. The lowest BCUT2D eigenvalue weighted by atomic mass is 10.1. The molecule has 0 atom stereocenters. The van der Waals surface area contributed by atoms with Gasteiger partial charge in [0.2, 0.25) is 0 Å². The monoisotopic (exact) mass is 462 g/mol. The van der Waals surface area contributed by atoms with E-state index in [9.17, 15) is 0 Å². The first-order valence-corrected chi connectivity index (χ1v) is 12.0. The maximum absolute atomic E-state index is 5.13. The molecule has 7 rings (SSSR count). The Bertz CT molecular complexity index is 1690. The van der Waals surface area contributed by atoms with Gasteiger partial charge in [0.15, 0.2) is 0 Å². The summed E-state index contributed by atoms with van der Waals surface area (Å²) in [6, 6.07) is 45.9. The summed E-state index contributed by atoms with van der Waals surface area (Å²) in [6.45, 7) is 0. The first-order chi connectivity index (χ1) is 17.9. The molecule has 0 saturated carbocycles. The molecule has 4 nitrogen and oxygen atoms in total. The van der Waals surface area contributed by atoms with Crippen LogP contribution in [0.5, 0.6) is 0 Å². The highest BCUT2D eigenvalue weighted by Gasteiger charge is 2.21. The van der Waals surface area contributed by atoms with Gasteiger partial charge in [-0.15, -0.1) is 0 Å². The Morgan fingerprint density at radius 1 is 0.361 bits per heavy atom. The number of para-hydroxylation sites is 6. The fourth-order valence-electron chi connectivity index (χ4n) is 4.96. The lowest BCUT2D eigenvalue weighted by Gasteiger charge is -2.14. The fraction of sp³-hybridized carbons (Fsp3) is 0. The summed E-state index contributed by atoms with van der Waals surface area (Å²) in [5.41, 5.74) is 8.29. The van der Waals surface area contributed by atoms with Gasteiger partial charge in [-0.1, -0.05) is 84.9 Å². The molecule has 4 heteroatoms. The minimum atomic E-state index is 0.893. The second kappa shape index (κ2) is 8.36. The largest absolute Gasteiger partial charge is 0.292 e. The van der Waals surface area contributed by atoms with Gasteiger partial charge in [0.25, 0.3) is 0 Å². The number of hydrogen-bond acceptors (Lipinski definition) is 2. The smallest absolute Gasteiger partial charge is 0.146 e. The minimum absolute atomic E-state index is 0.893. The zero-order chi connectivity index (χ0) is 23.9. The van der Waals surface area contributed by atoms with Crippen LogP contribution in [0.25, 0.3) is 56.2 Å². The zero-order valence-electron chi connectivity index (χ0n) is 19.5. The SMILES string of the molecule is c1ccc(-n2c(-c3ccccc3-c3nc4ccccc4n3-c3ccccc3)nc3ccccc32)cc1. The first-order valence-electron chi connectivity index (χ1n) is 12.0. The summed E-state index contributed by atoms with van der Waals surface area (Å²) in [7, 11) is 0. The van der Waals surface area contributed by atoms with Gasteiger partial charge in [-0.05, 0) is 48.5 Å². The standard InChI is InChI=1S/C32H22N4/c1-3-13-23(14-4-1)35-29-21-11-9-19-27(29)33-31(35)25-17-7-8-18-26(25)32-34-28-20-10-12-22-30(28)36(32)24-15-5-2-6-16-24/h1-22H. The molecule has 170 valence electrons. The van der Waals surface area contributed by atoms with Gasteiger partial charge in [0.05, 0.1) is 22.1 Å². The van der Waals surface area contributed by atoms with Gasteiger partial charge in [0, 0.05) is 22.5 Å². The van der Waals surface area contributed by atoms with E-state index in [0.717, 1.165) is 56.2 Å². The number of rotatable bonds is 4. The van der Waals surface area contributed by atoms with Crippen molar-refractivity contribution in [1.29, 1.82) is 0 Å². The highest BCUT2D eigenvalue weighted by molar-refractivity contribution is 5.90. The molecule has 7 aromatic rings. The van der Waals surface area contributed by atoms with Crippen molar-refractivity contribution in [3.8, 4) is 34.2 Å². The van der Waals surface area contributed by atoms with Crippen molar-refractivity contribution in [2.75, 3.05) is 0 Å². The first kappa shape index (κ1) is 20.4. The number of benzene rings is 5. The molecule has 0 amide bonds. The molecular formula is C32H22N4. The van der Waals surface area contributed by atoms with Gasteiger partial charge in [-0.3, -0.25) is 9.13 Å². The number of aromatic nitrogens is 4. The van der Waals surface area contributed by atoms with E-state index in [4.69, 9.17) is 9.97 Å². The van der Waals surface area contributed by atoms with E-state index in [1.54, 1.807) is 0 Å². The predicted molar refractivity (Wildman–Crippen MR) is 147 cm³/mol. The Balaban J connectivity index is 1.55. The number of hydrogen-bond donors (Lipinski definition) is 0. The van der Waals surface area contributed by atoms with Gasteiger partial charge < -0.3 is 0 Å². The van der Waals surface area contributed by atoms with Crippen molar-refractivity contribution in [1.82, 2.24) is 19.1 Å². The topological polar surface area (TPSA) is 35.6 Å². The molecule has 0 radical (unpaired) electrons. The van der Waals surface area contributed by atoms with E-state index < -0.39 is 0 Å². The van der Waals surface area contributed by atoms with Crippen molar-refractivity contribution in [2.24, 2.45) is 0 Å². The van der Waals surface area contributed by atoms with Gasteiger partial charge in [0.1, 0.15) is 11.6 Å². The van der Waals surface area contributed by atoms with Crippen LogP contribution in [0.4, 0.5) is 0 Å². The number of nitrogens with zero attached hydrogens (tertiary/aromatic N) is 4. The summed E-state index contributed by atoms with van der Waals surface area (Å²) >= 11 is 0. The molecule has 0 aliphatic carbocycles. The van der Waals surface area contributed by atoms with Crippen molar-refractivity contribution >= 4 is 22.1 Å². The van der Waals surface area contributed by atoms with Gasteiger partial charge in [-0.2, -0.15) is 0 Å². The molecular weight excluding hydrogens is 440 g/mol. The molecule has 0 aliphatic heterocycles. The van der Waals surface area contributed by atoms with E-state index >= 15 is 0 Å². The normalized spacial score (nSPS) is 11.3. The lowest BCUT2D eigenvalue weighted by Crippen LogP contribution is -2.01. The number of imidazole rings is 2. The van der Waals surface area contributed by atoms with Crippen molar-refractivity contribution < 1.29 is 0 Å². The molecule has 0 unspecified atom stereocenters. The second-order valence-electron chi connectivity index (χ2n) is 8.74. The van der Waals surface area contributed by atoms with Crippen molar-refractivity contribution in [2.45, 2.75) is 0 Å². The van der Waals surface area contributed by atoms with E-state index in [2.05, 4.69) is 118 Å². The molecule has 0 fully saturated rings. The van der Waals surface area contributed by atoms with Gasteiger partial charge >= 0.3 is 0 Å². The van der Waals surface area contributed by atoms with E-state index in [0.29, 0.717) is 0 Å². The fourth-order valence-corrected chi connectivity index (χ4v) is 4.96. The molecule has 2 aromatic heterocycles. The maximum Gasteiger partial charge on any atom is 0.146 e. The number of fused-ring (bicyclic) bond motifs is 2. The summed E-state index contributed by atoms with van der Waals surface area (Å²) in [5.74, 6) is 1.79. The Kier molecular flexibility index (Phi) is 4.74. The van der Waals surface area contributed by atoms with Crippen molar-refractivity contribution in [3.05, 3.63) is 133 Å².